The summed E-state index contributed by atoms with van der Waals surface area (Å²) in [6.45, 7) is 0. The number of para-hydroxylation sites is 1. The zero-order valence-corrected chi connectivity index (χ0v) is 10.5. The Balaban J connectivity index is 2.43. The highest BCUT2D eigenvalue weighted by Crippen LogP contribution is 2.35. The summed E-state index contributed by atoms with van der Waals surface area (Å²) < 4.78 is 18.9. The molecule has 0 heterocycles. The molecule has 5 heteroatoms. The standard InChI is InChI=1S/C13H6Cl2FNO/c14-9-5-4-8(7-17)6-12(9)18-13-10(15)2-1-3-11(13)16/h1-6H. The molecule has 18 heavy (non-hydrogen) atoms. The Morgan fingerprint density at radius 2 is 1.89 bits per heavy atom. The molecule has 0 N–H and O–H groups in total. The monoisotopic (exact) mass is 281 g/mol. The molecule has 0 bridgehead atoms. The van der Waals surface area contributed by atoms with Crippen molar-refractivity contribution in [3.8, 4) is 17.6 Å². The number of halogens is 3. The lowest BCUT2D eigenvalue weighted by atomic mass is 10.2. The summed E-state index contributed by atoms with van der Waals surface area (Å²) in [7, 11) is 0. The number of rotatable bonds is 2. The summed E-state index contributed by atoms with van der Waals surface area (Å²) in [5.74, 6) is -0.528. The summed E-state index contributed by atoms with van der Waals surface area (Å²) in [5.41, 5.74) is 0.363. The van der Waals surface area contributed by atoms with Crippen molar-refractivity contribution >= 4 is 23.2 Å². The molecule has 2 nitrogen and oxygen atoms in total. The normalized spacial score (nSPS) is 9.89. The molecule has 0 amide bonds. The Labute approximate surface area is 113 Å². The van der Waals surface area contributed by atoms with E-state index in [0.717, 1.165) is 0 Å². The third kappa shape index (κ3) is 2.56. The molecule has 0 aliphatic heterocycles. The Bertz CT molecular complexity index is 617. The maximum Gasteiger partial charge on any atom is 0.181 e. The smallest absolute Gasteiger partial charge is 0.181 e. The van der Waals surface area contributed by atoms with Gasteiger partial charge in [-0.1, -0.05) is 29.3 Å². The summed E-state index contributed by atoms with van der Waals surface area (Å²) in [6, 6.07) is 10.6. The Hall–Kier alpha value is -1.76. The molecule has 0 saturated carbocycles. The fourth-order valence-corrected chi connectivity index (χ4v) is 1.70. The Morgan fingerprint density at radius 1 is 1.11 bits per heavy atom. The van der Waals surface area contributed by atoms with E-state index in [1.54, 1.807) is 0 Å². The minimum Gasteiger partial charge on any atom is -0.451 e. The molecular formula is C13H6Cl2FNO. The predicted molar refractivity (Wildman–Crippen MR) is 67.7 cm³/mol. The van der Waals surface area contributed by atoms with Gasteiger partial charge in [0.25, 0.3) is 0 Å². The van der Waals surface area contributed by atoms with Crippen LogP contribution in [0.2, 0.25) is 10.0 Å². The van der Waals surface area contributed by atoms with Gasteiger partial charge < -0.3 is 4.74 Å². The molecule has 0 aromatic heterocycles. The molecule has 0 unspecified atom stereocenters. The molecule has 0 radical (unpaired) electrons. The van der Waals surface area contributed by atoms with Crippen LogP contribution in [0.25, 0.3) is 0 Å². The molecule has 90 valence electrons. The first-order valence-corrected chi connectivity index (χ1v) is 5.69. The van der Waals surface area contributed by atoms with Gasteiger partial charge in [0.05, 0.1) is 21.7 Å². The van der Waals surface area contributed by atoms with Crippen LogP contribution in [0.15, 0.2) is 36.4 Å². The van der Waals surface area contributed by atoms with Crippen molar-refractivity contribution in [2.24, 2.45) is 0 Å². The summed E-state index contributed by atoms with van der Waals surface area (Å²) in [5, 5.41) is 9.18. The SMILES string of the molecule is N#Cc1ccc(Cl)c(Oc2c(F)cccc2Cl)c1. The van der Waals surface area contributed by atoms with Crippen molar-refractivity contribution in [1.29, 1.82) is 5.26 Å². The average molecular weight is 282 g/mol. The molecule has 0 aliphatic carbocycles. The number of ether oxygens (including phenoxy) is 1. The Kier molecular flexibility index (Phi) is 3.71. The van der Waals surface area contributed by atoms with E-state index < -0.39 is 5.82 Å². The van der Waals surface area contributed by atoms with E-state index in [1.165, 1.54) is 36.4 Å². The van der Waals surface area contributed by atoms with Gasteiger partial charge in [-0.3, -0.25) is 0 Å². The fourth-order valence-electron chi connectivity index (χ4n) is 1.34. The molecule has 0 atom stereocenters. The number of hydrogen-bond acceptors (Lipinski definition) is 2. The molecule has 0 fully saturated rings. The van der Waals surface area contributed by atoms with E-state index in [1.807, 2.05) is 6.07 Å². The second kappa shape index (κ2) is 5.26. The van der Waals surface area contributed by atoms with Crippen molar-refractivity contribution in [2.75, 3.05) is 0 Å². The van der Waals surface area contributed by atoms with E-state index in [4.69, 9.17) is 33.2 Å². The van der Waals surface area contributed by atoms with Gasteiger partial charge in [0.2, 0.25) is 0 Å². The van der Waals surface area contributed by atoms with E-state index >= 15 is 0 Å². The summed E-state index contributed by atoms with van der Waals surface area (Å²) in [4.78, 5) is 0. The molecule has 0 aliphatic rings. The van der Waals surface area contributed by atoms with E-state index in [2.05, 4.69) is 0 Å². The first-order chi connectivity index (χ1) is 8.61. The van der Waals surface area contributed by atoms with Crippen LogP contribution in [0.3, 0.4) is 0 Å². The maximum atomic E-state index is 13.5. The van der Waals surface area contributed by atoms with Crippen LogP contribution < -0.4 is 4.74 Å². The average Bonchev–Trinajstić information content (AvgIpc) is 2.36. The minimum absolute atomic E-state index is 0.115. The van der Waals surface area contributed by atoms with Gasteiger partial charge in [-0.15, -0.1) is 0 Å². The van der Waals surface area contributed by atoms with Crippen LogP contribution in [0.5, 0.6) is 11.5 Å². The third-order valence-electron chi connectivity index (χ3n) is 2.19. The number of hydrogen-bond donors (Lipinski definition) is 0. The number of benzene rings is 2. The largest absolute Gasteiger partial charge is 0.451 e. The summed E-state index contributed by atoms with van der Waals surface area (Å²) in [6.07, 6.45) is 0. The van der Waals surface area contributed by atoms with Gasteiger partial charge in [0.1, 0.15) is 5.75 Å². The zero-order chi connectivity index (χ0) is 13.1. The van der Waals surface area contributed by atoms with E-state index in [-0.39, 0.29) is 21.5 Å². The predicted octanol–water partition coefficient (Wildman–Crippen LogP) is 4.80. The van der Waals surface area contributed by atoms with Crippen molar-refractivity contribution in [3.63, 3.8) is 0 Å². The zero-order valence-electron chi connectivity index (χ0n) is 8.95. The van der Waals surface area contributed by atoms with Crippen LogP contribution in [0.4, 0.5) is 4.39 Å². The van der Waals surface area contributed by atoms with Gasteiger partial charge in [0, 0.05) is 6.07 Å². The van der Waals surface area contributed by atoms with Crippen LogP contribution in [-0.2, 0) is 0 Å². The van der Waals surface area contributed by atoms with Crippen LogP contribution in [0.1, 0.15) is 5.56 Å². The fraction of sp³-hybridized carbons (Fsp3) is 0. The van der Waals surface area contributed by atoms with Crippen LogP contribution in [-0.4, -0.2) is 0 Å². The van der Waals surface area contributed by atoms with Crippen LogP contribution in [0, 0.1) is 17.1 Å². The first kappa shape index (κ1) is 12.7. The highest BCUT2D eigenvalue weighted by Gasteiger charge is 2.12. The quantitative estimate of drug-likeness (QED) is 0.792. The molecule has 2 aromatic rings. The second-order valence-corrected chi connectivity index (χ2v) is 4.22. The van der Waals surface area contributed by atoms with Gasteiger partial charge in [-0.05, 0) is 24.3 Å². The lowest BCUT2D eigenvalue weighted by Crippen LogP contribution is -1.91. The van der Waals surface area contributed by atoms with Gasteiger partial charge in [0.15, 0.2) is 11.6 Å². The van der Waals surface area contributed by atoms with Gasteiger partial charge in [-0.2, -0.15) is 5.26 Å². The maximum absolute atomic E-state index is 13.5. The second-order valence-electron chi connectivity index (χ2n) is 3.41. The lowest BCUT2D eigenvalue weighted by Gasteiger charge is -2.10. The topological polar surface area (TPSA) is 33.0 Å². The van der Waals surface area contributed by atoms with Crippen molar-refractivity contribution in [3.05, 3.63) is 57.8 Å². The van der Waals surface area contributed by atoms with Crippen molar-refractivity contribution in [1.82, 2.24) is 0 Å². The van der Waals surface area contributed by atoms with Crippen molar-refractivity contribution < 1.29 is 9.13 Å². The van der Waals surface area contributed by atoms with Crippen molar-refractivity contribution in [2.45, 2.75) is 0 Å². The van der Waals surface area contributed by atoms with Gasteiger partial charge in [-0.25, -0.2) is 4.39 Å². The molecule has 2 aromatic carbocycles. The number of nitriles is 1. The third-order valence-corrected chi connectivity index (χ3v) is 2.80. The molecule has 0 saturated heterocycles. The van der Waals surface area contributed by atoms with E-state index in [0.29, 0.717) is 5.56 Å². The Morgan fingerprint density at radius 3 is 2.56 bits per heavy atom. The number of nitrogens with zero attached hydrogens (tertiary/aromatic N) is 1. The first-order valence-electron chi connectivity index (χ1n) is 4.93. The molecule has 2 rings (SSSR count). The molecular weight excluding hydrogens is 276 g/mol. The lowest BCUT2D eigenvalue weighted by molar-refractivity contribution is 0.442. The molecule has 0 spiro atoms. The van der Waals surface area contributed by atoms with Gasteiger partial charge >= 0.3 is 0 Å². The summed E-state index contributed by atoms with van der Waals surface area (Å²) >= 11 is 11.7. The highest BCUT2D eigenvalue weighted by molar-refractivity contribution is 6.32. The van der Waals surface area contributed by atoms with E-state index in [9.17, 15) is 4.39 Å². The minimum atomic E-state index is -0.596. The van der Waals surface area contributed by atoms with Crippen LogP contribution >= 0.6 is 23.2 Å². The highest BCUT2D eigenvalue weighted by atomic mass is 35.5.